The molecule has 0 radical (unpaired) electrons. The van der Waals surface area contributed by atoms with Gasteiger partial charge in [0.2, 0.25) is 5.95 Å². The molecule has 1 aromatic heterocycles. The number of nitrogens with zero attached hydrogens (tertiary/aromatic N) is 1. The molecule has 3 aromatic carbocycles. The SMILES string of the molecule is Fc1ccccc1Oc1ccc2[nH]c(Nc3ccccc3)nc2c1F. The third kappa shape index (κ3) is 3.01. The van der Waals surface area contributed by atoms with E-state index in [0.717, 1.165) is 5.69 Å². The molecule has 0 bridgehead atoms. The number of rotatable bonds is 4. The zero-order chi connectivity index (χ0) is 17.2. The van der Waals surface area contributed by atoms with Gasteiger partial charge in [0, 0.05) is 5.69 Å². The first-order valence-electron chi connectivity index (χ1n) is 7.63. The number of aromatic nitrogens is 2. The summed E-state index contributed by atoms with van der Waals surface area (Å²) < 4.78 is 33.7. The molecule has 0 unspecified atom stereocenters. The zero-order valence-corrected chi connectivity index (χ0v) is 13.0. The molecule has 0 aliphatic carbocycles. The van der Waals surface area contributed by atoms with Gasteiger partial charge in [0.25, 0.3) is 0 Å². The van der Waals surface area contributed by atoms with Crippen molar-refractivity contribution < 1.29 is 13.5 Å². The molecular weight excluding hydrogens is 324 g/mol. The van der Waals surface area contributed by atoms with Crippen molar-refractivity contribution in [2.75, 3.05) is 5.32 Å². The summed E-state index contributed by atoms with van der Waals surface area (Å²) >= 11 is 0. The lowest BCUT2D eigenvalue weighted by Gasteiger charge is -2.07. The average molecular weight is 337 g/mol. The summed E-state index contributed by atoms with van der Waals surface area (Å²) in [6.07, 6.45) is 0. The van der Waals surface area contributed by atoms with Gasteiger partial charge in [0.05, 0.1) is 5.52 Å². The second-order valence-electron chi connectivity index (χ2n) is 5.38. The number of benzene rings is 3. The number of nitrogens with one attached hydrogen (secondary N) is 2. The molecule has 1 heterocycles. The molecule has 4 rings (SSSR count). The van der Waals surface area contributed by atoms with Crippen molar-refractivity contribution in [3.8, 4) is 11.5 Å². The number of anilines is 2. The van der Waals surface area contributed by atoms with Gasteiger partial charge < -0.3 is 15.0 Å². The largest absolute Gasteiger partial charge is 0.451 e. The molecule has 6 heteroatoms. The first kappa shape index (κ1) is 15.1. The van der Waals surface area contributed by atoms with E-state index in [1.165, 1.54) is 24.3 Å². The van der Waals surface area contributed by atoms with E-state index in [9.17, 15) is 8.78 Å². The van der Waals surface area contributed by atoms with Crippen molar-refractivity contribution in [3.63, 3.8) is 0 Å². The number of halogens is 2. The van der Waals surface area contributed by atoms with Crippen LogP contribution in [0.25, 0.3) is 11.0 Å². The topological polar surface area (TPSA) is 49.9 Å². The molecule has 0 aliphatic rings. The van der Waals surface area contributed by atoms with Gasteiger partial charge in [0.15, 0.2) is 23.1 Å². The average Bonchev–Trinajstić information content (AvgIpc) is 3.03. The third-order valence-electron chi connectivity index (χ3n) is 3.65. The summed E-state index contributed by atoms with van der Waals surface area (Å²) in [5.74, 6) is -0.939. The van der Waals surface area contributed by atoms with Gasteiger partial charge in [-0.3, -0.25) is 0 Å². The Morgan fingerprint density at radius 2 is 1.60 bits per heavy atom. The zero-order valence-electron chi connectivity index (χ0n) is 13.0. The fourth-order valence-electron chi connectivity index (χ4n) is 2.47. The number of ether oxygens (including phenoxy) is 1. The number of hydrogen-bond acceptors (Lipinski definition) is 3. The van der Waals surface area contributed by atoms with E-state index in [4.69, 9.17) is 4.74 Å². The van der Waals surface area contributed by atoms with E-state index in [2.05, 4.69) is 15.3 Å². The van der Waals surface area contributed by atoms with Crippen LogP contribution in [0.1, 0.15) is 0 Å². The minimum Gasteiger partial charge on any atom is -0.451 e. The molecule has 0 spiro atoms. The van der Waals surface area contributed by atoms with Crippen molar-refractivity contribution >= 4 is 22.7 Å². The minimum absolute atomic E-state index is 0.0427. The fourth-order valence-corrected chi connectivity index (χ4v) is 2.47. The van der Waals surface area contributed by atoms with Gasteiger partial charge in [0.1, 0.15) is 5.52 Å². The first-order valence-corrected chi connectivity index (χ1v) is 7.63. The Kier molecular flexibility index (Phi) is 3.78. The van der Waals surface area contributed by atoms with Crippen molar-refractivity contribution in [3.05, 3.63) is 78.4 Å². The predicted octanol–water partition coefficient (Wildman–Crippen LogP) is 5.38. The molecule has 0 aliphatic heterocycles. The highest BCUT2D eigenvalue weighted by molar-refractivity contribution is 5.80. The highest BCUT2D eigenvalue weighted by Gasteiger charge is 2.15. The van der Waals surface area contributed by atoms with Gasteiger partial charge in [-0.15, -0.1) is 0 Å². The van der Waals surface area contributed by atoms with Gasteiger partial charge in [-0.05, 0) is 36.4 Å². The van der Waals surface area contributed by atoms with Crippen molar-refractivity contribution in [2.45, 2.75) is 0 Å². The van der Waals surface area contributed by atoms with Crippen molar-refractivity contribution in [1.29, 1.82) is 0 Å². The number of imidazole rings is 1. The van der Waals surface area contributed by atoms with E-state index in [1.807, 2.05) is 30.3 Å². The third-order valence-corrected chi connectivity index (χ3v) is 3.65. The van der Waals surface area contributed by atoms with E-state index in [-0.39, 0.29) is 17.0 Å². The van der Waals surface area contributed by atoms with Crippen molar-refractivity contribution in [2.24, 2.45) is 0 Å². The van der Waals surface area contributed by atoms with Crippen LogP contribution in [0.3, 0.4) is 0 Å². The van der Waals surface area contributed by atoms with E-state index in [1.54, 1.807) is 12.1 Å². The van der Waals surface area contributed by atoms with Crippen LogP contribution in [-0.2, 0) is 0 Å². The molecule has 2 N–H and O–H groups in total. The number of para-hydroxylation sites is 2. The molecule has 0 saturated carbocycles. The van der Waals surface area contributed by atoms with Gasteiger partial charge in [-0.25, -0.2) is 13.8 Å². The quantitative estimate of drug-likeness (QED) is 0.526. The maximum absolute atomic E-state index is 14.7. The Balaban J connectivity index is 1.67. The number of aromatic amines is 1. The van der Waals surface area contributed by atoms with Crippen LogP contribution in [0.4, 0.5) is 20.4 Å². The normalized spacial score (nSPS) is 10.8. The molecular formula is C19H13F2N3O. The standard InChI is InChI=1S/C19H13F2N3O/c20-13-8-4-5-9-15(13)25-16-11-10-14-18(17(16)21)24-19(23-14)22-12-6-2-1-3-7-12/h1-11H,(H2,22,23,24). The lowest BCUT2D eigenvalue weighted by Crippen LogP contribution is -1.92. The molecule has 0 fully saturated rings. The Hall–Kier alpha value is -3.41. The van der Waals surface area contributed by atoms with Crippen LogP contribution in [-0.4, -0.2) is 9.97 Å². The lowest BCUT2D eigenvalue weighted by molar-refractivity contribution is 0.417. The molecule has 0 amide bonds. The Bertz CT molecular complexity index is 1030. The molecule has 0 atom stereocenters. The summed E-state index contributed by atoms with van der Waals surface area (Å²) in [6.45, 7) is 0. The fraction of sp³-hybridized carbons (Fsp3) is 0. The Morgan fingerprint density at radius 1 is 0.840 bits per heavy atom. The molecule has 124 valence electrons. The molecule has 4 aromatic rings. The second kappa shape index (κ2) is 6.24. The predicted molar refractivity (Wildman–Crippen MR) is 92.3 cm³/mol. The van der Waals surface area contributed by atoms with Gasteiger partial charge in [-0.1, -0.05) is 30.3 Å². The minimum atomic E-state index is -0.655. The van der Waals surface area contributed by atoms with Gasteiger partial charge in [-0.2, -0.15) is 0 Å². The number of fused-ring (bicyclic) bond motifs is 1. The lowest BCUT2D eigenvalue weighted by atomic mass is 10.2. The first-order chi connectivity index (χ1) is 12.2. The highest BCUT2D eigenvalue weighted by atomic mass is 19.1. The summed E-state index contributed by atoms with van der Waals surface area (Å²) in [7, 11) is 0. The maximum Gasteiger partial charge on any atom is 0.205 e. The summed E-state index contributed by atoms with van der Waals surface area (Å²) in [5.41, 5.74) is 1.45. The maximum atomic E-state index is 14.7. The van der Waals surface area contributed by atoms with E-state index in [0.29, 0.717) is 11.5 Å². The summed E-state index contributed by atoms with van der Waals surface area (Å²) in [4.78, 5) is 7.21. The molecule has 4 nitrogen and oxygen atoms in total. The second-order valence-corrected chi connectivity index (χ2v) is 5.38. The van der Waals surface area contributed by atoms with Crippen LogP contribution in [0, 0.1) is 11.6 Å². The van der Waals surface area contributed by atoms with Gasteiger partial charge >= 0.3 is 0 Å². The van der Waals surface area contributed by atoms with Crippen LogP contribution in [0.15, 0.2) is 66.7 Å². The Morgan fingerprint density at radius 3 is 2.40 bits per heavy atom. The van der Waals surface area contributed by atoms with Crippen molar-refractivity contribution in [1.82, 2.24) is 9.97 Å². The smallest absolute Gasteiger partial charge is 0.205 e. The number of H-pyrrole nitrogens is 1. The van der Waals surface area contributed by atoms with Crippen LogP contribution < -0.4 is 10.1 Å². The molecule has 0 saturated heterocycles. The van der Waals surface area contributed by atoms with Crippen LogP contribution >= 0.6 is 0 Å². The van der Waals surface area contributed by atoms with E-state index < -0.39 is 11.6 Å². The monoisotopic (exact) mass is 337 g/mol. The van der Waals surface area contributed by atoms with Crippen LogP contribution in [0.5, 0.6) is 11.5 Å². The number of hydrogen-bond donors (Lipinski definition) is 2. The Labute approximate surface area is 142 Å². The summed E-state index contributed by atoms with van der Waals surface area (Å²) in [5, 5.41) is 3.06. The highest BCUT2D eigenvalue weighted by Crippen LogP contribution is 2.31. The summed E-state index contributed by atoms with van der Waals surface area (Å²) in [6, 6.07) is 18.3. The van der Waals surface area contributed by atoms with E-state index >= 15 is 0 Å². The molecule has 25 heavy (non-hydrogen) atoms. The van der Waals surface area contributed by atoms with Crippen LogP contribution in [0.2, 0.25) is 0 Å².